The summed E-state index contributed by atoms with van der Waals surface area (Å²) in [6.45, 7) is 5.75. The summed E-state index contributed by atoms with van der Waals surface area (Å²) in [7, 11) is 0. The number of nitrogens with one attached hydrogen (secondary N) is 2. The Kier molecular flexibility index (Phi) is 26.6. The lowest BCUT2D eigenvalue weighted by molar-refractivity contribution is -0.144. The van der Waals surface area contributed by atoms with Crippen LogP contribution in [0.4, 0.5) is 73.0 Å². The molecule has 560 valence electrons. The number of alkyl halides is 7. The Balaban J connectivity index is 0.000000179. The Labute approximate surface area is 591 Å². The first-order valence-corrected chi connectivity index (χ1v) is 34.4. The molecule has 6 aliphatic rings. The van der Waals surface area contributed by atoms with Crippen molar-refractivity contribution in [3.63, 3.8) is 0 Å². The molecule has 20 nitrogen and oxygen atoms in total. The maximum absolute atomic E-state index is 15.7. The van der Waals surface area contributed by atoms with Crippen molar-refractivity contribution in [2.45, 2.75) is 173 Å². The summed E-state index contributed by atoms with van der Waals surface area (Å²) in [5.41, 5.74) is 0.843. The van der Waals surface area contributed by atoms with Crippen molar-refractivity contribution in [2.24, 2.45) is 29.1 Å². The van der Waals surface area contributed by atoms with E-state index in [2.05, 4.69) is 40.5 Å². The minimum atomic E-state index is -4.42. The molecular formula is C73H89F10N11O9. The van der Waals surface area contributed by atoms with E-state index in [9.17, 15) is 60.4 Å². The number of carbonyl (C=O) groups is 3. The first-order valence-electron chi connectivity index (χ1n) is 34.4. The summed E-state index contributed by atoms with van der Waals surface area (Å²) < 4.78 is 155. The number of nitrogens with zero attached hydrogens (tertiary/aromatic N) is 9. The van der Waals surface area contributed by atoms with Crippen LogP contribution in [-0.4, -0.2) is 134 Å². The average molecular weight is 1450 g/mol. The zero-order valence-corrected chi connectivity index (χ0v) is 56.7. The number of halogens is 10. The summed E-state index contributed by atoms with van der Waals surface area (Å²) in [4.78, 5) is 65.0. The second kappa shape index (κ2) is 34.8. The van der Waals surface area contributed by atoms with Gasteiger partial charge in [-0.15, -0.1) is 0 Å². The van der Waals surface area contributed by atoms with Crippen molar-refractivity contribution in [2.75, 3.05) is 78.1 Å². The number of aromatic nitrogens is 6. The highest BCUT2D eigenvalue weighted by Crippen LogP contribution is 2.42. The molecule has 6 heterocycles. The van der Waals surface area contributed by atoms with Gasteiger partial charge in [-0.1, -0.05) is 68.1 Å². The Morgan fingerprint density at radius 3 is 1.29 bits per heavy atom. The topological polar surface area (TPSA) is 251 Å². The van der Waals surface area contributed by atoms with E-state index >= 15 is 13.2 Å². The normalized spacial score (nSPS) is 17.7. The minimum Gasteiger partial charge on any atom is -0.481 e. The second-order valence-corrected chi connectivity index (χ2v) is 27.5. The van der Waals surface area contributed by atoms with E-state index in [1.165, 1.54) is 55.4 Å². The minimum absolute atomic E-state index is 0. The molecule has 0 spiro atoms. The monoisotopic (exact) mass is 1450 g/mol. The average Bonchev–Trinajstić information content (AvgIpc) is 1.27. The maximum atomic E-state index is 15.7. The van der Waals surface area contributed by atoms with Crippen LogP contribution in [0.1, 0.15) is 150 Å². The van der Waals surface area contributed by atoms with Gasteiger partial charge in [0.05, 0.1) is 29.5 Å². The lowest BCUT2D eigenvalue weighted by Crippen LogP contribution is -2.35. The molecule has 3 aromatic heterocycles. The number of benzene rings is 3. The fourth-order valence-electron chi connectivity index (χ4n) is 13.1. The van der Waals surface area contributed by atoms with Crippen LogP contribution < -0.4 is 25.3 Å². The Morgan fingerprint density at radius 2 is 0.903 bits per heavy atom. The summed E-state index contributed by atoms with van der Waals surface area (Å²) in [5.74, 6) is -11.6. The third kappa shape index (κ3) is 22.0. The number of ether oxygens (including phenoxy) is 3. The molecule has 0 bridgehead atoms. The lowest BCUT2D eigenvalue weighted by Gasteiger charge is -2.36. The fourth-order valence-corrected chi connectivity index (χ4v) is 13.1. The van der Waals surface area contributed by atoms with Gasteiger partial charge >= 0.3 is 24.1 Å². The molecular weight excluding hydrogens is 1360 g/mol. The summed E-state index contributed by atoms with van der Waals surface area (Å²) in [5, 5.41) is 34.4. The van der Waals surface area contributed by atoms with Gasteiger partial charge in [-0.3, -0.25) is 14.4 Å². The lowest BCUT2D eigenvalue weighted by atomic mass is 9.73. The number of hydrogen-bond acceptors (Lipinski definition) is 17. The van der Waals surface area contributed by atoms with Gasteiger partial charge in [0.1, 0.15) is 19.0 Å². The van der Waals surface area contributed by atoms with Crippen LogP contribution in [0.15, 0.2) is 91.8 Å². The molecule has 103 heavy (non-hydrogen) atoms. The van der Waals surface area contributed by atoms with Gasteiger partial charge in [-0.25, -0.2) is 51.9 Å². The molecule has 2 atom stereocenters. The van der Waals surface area contributed by atoms with Gasteiger partial charge in [-0.05, 0) is 136 Å². The smallest absolute Gasteiger partial charge is 0.416 e. The molecule has 3 aliphatic carbocycles. The Hall–Kier alpha value is -8.51. The molecule has 5 N–H and O–H groups in total. The Bertz CT molecular complexity index is 3750. The zero-order valence-electron chi connectivity index (χ0n) is 56.7. The van der Waals surface area contributed by atoms with Crippen molar-refractivity contribution < 1.29 is 87.8 Å². The van der Waals surface area contributed by atoms with Gasteiger partial charge in [0.25, 0.3) is 11.8 Å². The van der Waals surface area contributed by atoms with Crippen LogP contribution >= 0.6 is 0 Å². The highest BCUT2D eigenvalue weighted by molar-refractivity contribution is 5.72. The highest BCUT2D eigenvalue weighted by Gasteiger charge is 2.41. The number of aliphatic carboxylic acids is 3. The van der Waals surface area contributed by atoms with Gasteiger partial charge in [0.15, 0.2) is 34.9 Å². The SMILES string of the molecule is C.CC(F)(F)c1ccc(CN(c2ncnc(CC3(CC(=O)O)CCOCC3)c2F)C2CC2)cc1.CC(F)(F)c1ccc(CN(c2ncnc(NCC(CC3CCOCC3)C(=O)O)c2F)C2CC2)cc1.O=C(O)C(CNc1ncnc(N(Cc2ccc(C(F)(F)F)cc2)C2CC2)c1F)C1CCOCC1. The van der Waals surface area contributed by atoms with Crippen LogP contribution in [0.3, 0.4) is 0 Å². The number of anilines is 5. The molecule has 3 aromatic carbocycles. The van der Waals surface area contributed by atoms with E-state index in [1.54, 1.807) is 29.2 Å². The van der Waals surface area contributed by atoms with Crippen LogP contribution in [-0.2, 0) is 72.7 Å². The standard InChI is InChI=1S/C25H31F3N4O3.C24H28F3N3O3.C23H26F4N4O3.CH4/c1-25(27,28)19-4-2-17(3-5-19)14-32(20-6-7-20)23-21(26)22(30-15-31-23)29-13-18(24(33)34)12-16-8-10-35-11-9-16;1-23(26,27)17-4-2-16(3-5-17)14-30(18-6-7-18)22-21(25)19(28-15-29-22)12-24(13-20(31)32)8-10-33-11-9-24;24-19-20(28-11-18(22(32)33)15-7-9-34-10-8-15)29-13-30-21(19)31(17-5-6-17)12-14-1-3-16(4-2-14)23(25,26)27;/h2-5,15-16,18,20H,6-14H2,1H3,(H,33,34)(H,29,30,31);2-5,15,18H,6-14H2,1H3,(H,31,32);1-4,13,15,17-18H,5-12H2,(H,32,33)(H,28,29,30);1H4. The first-order chi connectivity index (χ1) is 48.6. The van der Waals surface area contributed by atoms with Gasteiger partial charge in [0, 0.05) is 115 Å². The first kappa shape index (κ1) is 78.6. The van der Waals surface area contributed by atoms with Crippen LogP contribution in [0.2, 0.25) is 0 Å². The predicted octanol–water partition coefficient (Wildman–Crippen LogP) is 14.5. The van der Waals surface area contributed by atoms with Gasteiger partial charge in [0.2, 0.25) is 11.6 Å². The van der Waals surface area contributed by atoms with Crippen LogP contribution in [0, 0.1) is 46.5 Å². The van der Waals surface area contributed by atoms with Crippen molar-refractivity contribution >= 4 is 47.0 Å². The quantitative estimate of drug-likeness (QED) is 0.0274. The van der Waals surface area contributed by atoms with E-state index in [4.69, 9.17) is 14.2 Å². The van der Waals surface area contributed by atoms with E-state index in [1.807, 2.05) is 9.80 Å². The zero-order chi connectivity index (χ0) is 72.9. The second-order valence-electron chi connectivity index (χ2n) is 27.5. The Morgan fingerprint density at radius 1 is 0.515 bits per heavy atom. The summed E-state index contributed by atoms with van der Waals surface area (Å²) in [6, 6.07) is 17.1. The van der Waals surface area contributed by atoms with Crippen LogP contribution in [0.5, 0.6) is 0 Å². The van der Waals surface area contributed by atoms with E-state index in [-0.39, 0.29) is 116 Å². The van der Waals surface area contributed by atoms with E-state index in [0.29, 0.717) is 90.4 Å². The number of hydrogen-bond donors (Lipinski definition) is 5. The number of carboxylic acid groups (broad SMARTS) is 3. The summed E-state index contributed by atoms with van der Waals surface area (Å²) in [6.07, 6.45) is 9.09. The van der Waals surface area contributed by atoms with Gasteiger partial charge in [-0.2, -0.15) is 22.0 Å². The molecule has 3 saturated carbocycles. The van der Waals surface area contributed by atoms with Gasteiger partial charge < -0.3 is 54.9 Å². The van der Waals surface area contributed by atoms with Crippen molar-refractivity contribution in [3.05, 3.63) is 148 Å². The van der Waals surface area contributed by atoms with Crippen molar-refractivity contribution in [3.8, 4) is 0 Å². The van der Waals surface area contributed by atoms with Crippen LogP contribution in [0.25, 0.3) is 0 Å². The third-order valence-electron chi connectivity index (χ3n) is 19.5. The molecule has 30 heteroatoms. The van der Waals surface area contributed by atoms with Crippen molar-refractivity contribution in [1.29, 1.82) is 0 Å². The number of rotatable bonds is 29. The van der Waals surface area contributed by atoms with E-state index in [0.717, 1.165) is 88.5 Å². The fraction of sp³-hybridized carbons (Fsp3) is 0.548. The maximum Gasteiger partial charge on any atom is 0.416 e. The molecule has 6 aromatic rings. The highest BCUT2D eigenvalue weighted by atomic mass is 19.4. The molecule has 2 unspecified atom stereocenters. The molecule has 0 radical (unpaired) electrons. The predicted molar refractivity (Wildman–Crippen MR) is 363 cm³/mol. The molecule has 6 fully saturated rings. The largest absolute Gasteiger partial charge is 0.481 e. The van der Waals surface area contributed by atoms with Crippen molar-refractivity contribution in [1.82, 2.24) is 29.9 Å². The molecule has 12 rings (SSSR count). The number of carboxylic acids is 3. The summed E-state index contributed by atoms with van der Waals surface area (Å²) >= 11 is 0. The molecule has 3 aliphatic heterocycles. The molecule has 3 saturated heterocycles. The third-order valence-corrected chi connectivity index (χ3v) is 19.5. The molecule has 0 amide bonds. The van der Waals surface area contributed by atoms with E-state index < -0.39 is 76.2 Å².